The van der Waals surface area contributed by atoms with E-state index in [-0.39, 0.29) is 17.5 Å². The van der Waals surface area contributed by atoms with Crippen LogP contribution < -0.4 is 5.32 Å². The number of benzene rings is 1. The highest BCUT2D eigenvalue weighted by Gasteiger charge is 2.15. The fourth-order valence-corrected chi connectivity index (χ4v) is 3.23. The fourth-order valence-electron chi connectivity index (χ4n) is 2.29. The van der Waals surface area contributed by atoms with Crippen LogP contribution in [0.2, 0.25) is 0 Å². The minimum Gasteiger partial charge on any atom is -0.313 e. The van der Waals surface area contributed by atoms with Gasteiger partial charge in [0.1, 0.15) is 0 Å². The molecule has 1 atom stereocenters. The summed E-state index contributed by atoms with van der Waals surface area (Å²) in [5.74, 6) is 0. The average Bonchev–Trinajstić information content (AvgIpc) is 2.56. The summed E-state index contributed by atoms with van der Waals surface area (Å²) in [4.78, 5) is 4.30. The van der Waals surface area contributed by atoms with Gasteiger partial charge in [-0.15, -0.1) is 0 Å². The number of aryl methyl sites for hydroxylation is 1. The summed E-state index contributed by atoms with van der Waals surface area (Å²) >= 11 is 0. The van der Waals surface area contributed by atoms with Gasteiger partial charge >= 0.3 is 0 Å². The van der Waals surface area contributed by atoms with Crippen LogP contribution >= 0.6 is 0 Å². The first-order valence-electron chi connectivity index (χ1n) is 7.56. The van der Waals surface area contributed by atoms with Gasteiger partial charge in [-0.2, -0.15) is 8.42 Å². The van der Waals surface area contributed by atoms with Gasteiger partial charge in [0, 0.05) is 18.4 Å². The first-order chi connectivity index (χ1) is 11.0. The van der Waals surface area contributed by atoms with Crippen molar-refractivity contribution in [2.45, 2.75) is 30.7 Å². The van der Waals surface area contributed by atoms with Crippen molar-refractivity contribution in [3.05, 3.63) is 59.9 Å². The molecule has 1 heterocycles. The maximum absolute atomic E-state index is 12.1. The third-order valence-corrected chi connectivity index (χ3v) is 4.95. The number of nitrogens with zero attached hydrogens (tertiary/aromatic N) is 1. The summed E-state index contributed by atoms with van der Waals surface area (Å²) in [6, 6.07) is 10.7. The van der Waals surface area contributed by atoms with Crippen LogP contribution in [-0.4, -0.2) is 27.1 Å². The summed E-state index contributed by atoms with van der Waals surface area (Å²) in [6.45, 7) is 2.07. The Kier molecular flexibility index (Phi) is 6.27. The van der Waals surface area contributed by atoms with E-state index in [1.54, 1.807) is 30.5 Å². The lowest BCUT2D eigenvalue weighted by atomic mass is 10.0. The second-order valence-electron chi connectivity index (χ2n) is 5.36. The lowest BCUT2D eigenvalue weighted by Crippen LogP contribution is -2.17. The topological polar surface area (TPSA) is 68.3 Å². The molecule has 6 heteroatoms. The molecule has 0 aliphatic carbocycles. The molecule has 124 valence electrons. The Morgan fingerprint density at radius 2 is 1.96 bits per heavy atom. The van der Waals surface area contributed by atoms with Gasteiger partial charge in [-0.05, 0) is 50.6 Å². The number of rotatable bonds is 8. The molecule has 0 saturated heterocycles. The van der Waals surface area contributed by atoms with E-state index >= 15 is 0 Å². The lowest BCUT2D eigenvalue weighted by molar-refractivity contribution is 0.300. The van der Waals surface area contributed by atoms with Crippen LogP contribution in [0.15, 0.2) is 53.7 Å². The zero-order chi connectivity index (χ0) is 16.7. The lowest BCUT2D eigenvalue weighted by Gasteiger charge is -2.16. The molecule has 0 aliphatic heterocycles. The van der Waals surface area contributed by atoms with Crippen LogP contribution in [0, 0.1) is 6.92 Å². The van der Waals surface area contributed by atoms with Crippen molar-refractivity contribution in [2.24, 2.45) is 0 Å². The standard InChI is InChI=1S/C17H22N2O3S/c1-14-7-9-16(10-8-14)23(20,21)22-12-4-6-17(18-2)15-5-3-11-19-13-15/h3,5,7-11,13,17-18H,4,6,12H2,1-2H3. The molecule has 23 heavy (non-hydrogen) atoms. The predicted molar refractivity (Wildman–Crippen MR) is 89.6 cm³/mol. The van der Waals surface area contributed by atoms with Crippen LogP contribution in [0.3, 0.4) is 0 Å². The minimum atomic E-state index is -3.68. The fraction of sp³-hybridized carbons (Fsp3) is 0.353. The largest absolute Gasteiger partial charge is 0.313 e. The molecule has 0 spiro atoms. The van der Waals surface area contributed by atoms with E-state index < -0.39 is 10.1 Å². The van der Waals surface area contributed by atoms with E-state index in [0.29, 0.717) is 6.42 Å². The van der Waals surface area contributed by atoms with Crippen LogP contribution in [0.1, 0.15) is 30.0 Å². The van der Waals surface area contributed by atoms with Crippen molar-refractivity contribution in [1.29, 1.82) is 0 Å². The Balaban J connectivity index is 1.85. The number of pyridine rings is 1. The molecule has 1 aromatic heterocycles. The van der Waals surface area contributed by atoms with Crippen molar-refractivity contribution in [3.8, 4) is 0 Å². The summed E-state index contributed by atoms with van der Waals surface area (Å²) in [6.07, 6.45) is 4.94. The zero-order valence-electron chi connectivity index (χ0n) is 13.4. The Morgan fingerprint density at radius 3 is 2.57 bits per heavy atom. The SMILES string of the molecule is CNC(CCCOS(=O)(=O)c1ccc(C)cc1)c1cccnc1. The first kappa shape index (κ1) is 17.6. The van der Waals surface area contributed by atoms with Crippen LogP contribution in [-0.2, 0) is 14.3 Å². The number of hydrogen-bond donors (Lipinski definition) is 1. The molecule has 2 aromatic rings. The normalized spacial score (nSPS) is 13.0. The van der Waals surface area contributed by atoms with Crippen LogP contribution in [0.4, 0.5) is 0 Å². The second-order valence-corrected chi connectivity index (χ2v) is 6.97. The Morgan fingerprint density at radius 1 is 1.22 bits per heavy atom. The number of nitrogens with one attached hydrogen (secondary N) is 1. The summed E-state index contributed by atoms with van der Waals surface area (Å²) in [5.41, 5.74) is 2.09. The van der Waals surface area contributed by atoms with E-state index in [9.17, 15) is 8.42 Å². The number of aromatic nitrogens is 1. The molecular weight excluding hydrogens is 312 g/mol. The molecule has 0 radical (unpaired) electrons. The Labute approximate surface area is 137 Å². The second kappa shape index (κ2) is 8.19. The van der Waals surface area contributed by atoms with Crippen molar-refractivity contribution in [2.75, 3.05) is 13.7 Å². The van der Waals surface area contributed by atoms with Crippen molar-refractivity contribution in [3.63, 3.8) is 0 Å². The van der Waals surface area contributed by atoms with Gasteiger partial charge in [0.15, 0.2) is 0 Å². The van der Waals surface area contributed by atoms with E-state index in [4.69, 9.17) is 4.18 Å². The van der Waals surface area contributed by atoms with Crippen molar-refractivity contribution < 1.29 is 12.6 Å². The average molecular weight is 334 g/mol. The molecule has 0 fully saturated rings. The minimum absolute atomic E-state index is 0.134. The number of hydrogen-bond acceptors (Lipinski definition) is 5. The summed E-state index contributed by atoms with van der Waals surface area (Å²) in [7, 11) is -1.80. The van der Waals surface area contributed by atoms with Crippen LogP contribution in [0.5, 0.6) is 0 Å². The maximum Gasteiger partial charge on any atom is 0.296 e. The molecular formula is C17H22N2O3S. The van der Waals surface area contributed by atoms with Gasteiger partial charge < -0.3 is 5.32 Å². The molecule has 0 saturated carbocycles. The van der Waals surface area contributed by atoms with E-state index in [0.717, 1.165) is 17.5 Å². The Hall–Kier alpha value is -1.76. The third-order valence-electron chi connectivity index (χ3n) is 3.62. The molecule has 0 bridgehead atoms. The van der Waals surface area contributed by atoms with E-state index in [1.165, 1.54) is 0 Å². The highest BCUT2D eigenvalue weighted by molar-refractivity contribution is 7.86. The van der Waals surface area contributed by atoms with E-state index in [1.807, 2.05) is 32.3 Å². The summed E-state index contributed by atoms with van der Waals surface area (Å²) in [5, 5.41) is 3.21. The maximum atomic E-state index is 12.1. The molecule has 2 rings (SSSR count). The Bertz CT molecular complexity index is 700. The highest BCUT2D eigenvalue weighted by Crippen LogP contribution is 2.18. The van der Waals surface area contributed by atoms with Crippen molar-refractivity contribution >= 4 is 10.1 Å². The monoisotopic (exact) mass is 334 g/mol. The van der Waals surface area contributed by atoms with Gasteiger partial charge in [-0.1, -0.05) is 23.8 Å². The molecule has 1 unspecified atom stereocenters. The molecule has 1 N–H and O–H groups in total. The molecule has 0 aliphatic rings. The smallest absolute Gasteiger partial charge is 0.296 e. The van der Waals surface area contributed by atoms with Gasteiger partial charge in [-0.3, -0.25) is 9.17 Å². The highest BCUT2D eigenvalue weighted by atomic mass is 32.2. The zero-order valence-corrected chi connectivity index (χ0v) is 14.2. The van der Waals surface area contributed by atoms with Crippen molar-refractivity contribution in [1.82, 2.24) is 10.3 Å². The predicted octanol–water partition coefficient (Wildman–Crippen LogP) is 2.84. The van der Waals surface area contributed by atoms with E-state index in [2.05, 4.69) is 10.3 Å². The third kappa shape index (κ3) is 5.13. The van der Waals surface area contributed by atoms with Gasteiger partial charge in [-0.25, -0.2) is 0 Å². The van der Waals surface area contributed by atoms with Gasteiger partial charge in [0.25, 0.3) is 10.1 Å². The molecule has 0 amide bonds. The molecule has 5 nitrogen and oxygen atoms in total. The first-order valence-corrected chi connectivity index (χ1v) is 8.97. The molecule has 1 aromatic carbocycles. The van der Waals surface area contributed by atoms with Gasteiger partial charge in [0.2, 0.25) is 0 Å². The summed E-state index contributed by atoms with van der Waals surface area (Å²) < 4.78 is 29.3. The van der Waals surface area contributed by atoms with Crippen LogP contribution in [0.25, 0.3) is 0 Å². The van der Waals surface area contributed by atoms with Gasteiger partial charge in [0.05, 0.1) is 11.5 Å². The quantitative estimate of drug-likeness (QED) is 0.594.